The molecule has 0 radical (unpaired) electrons. The van der Waals surface area contributed by atoms with Crippen LogP contribution in [0.15, 0.2) is 59.4 Å². The number of aryl methyl sites for hydroxylation is 1. The molecule has 0 N–H and O–H groups in total. The molecule has 2 aliphatic rings. The first-order valence-corrected chi connectivity index (χ1v) is 17.8. The molecule has 2 aromatic heterocycles. The van der Waals surface area contributed by atoms with Crippen molar-refractivity contribution in [1.29, 1.82) is 0 Å². The van der Waals surface area contributed by atoms with Crippen LogP contribution in [0, 0.1) is 0 Å². The summed E-state index contributed by atoms with van der Waals surface area (Å²) in [7, 11) is 3.04. The molecule has 14 heteroatoms. The molecule has 0 bridgehead atoms. The summed E-state index contributed by atoms with van der Waals surface area (Å²) in [6.07, 6.45) is -1.65. The van der Waals surface area contributed by atoms with Crippen molar-refractivity contribution >= 4 is 35.2 Å². The minimum atomic E-state index is -1.91. The molecular formula is C40H44N4O10. The first-order valence-electron chi connectivity index (χ1n) is 17.8. The van der Waals surface area contributed by atoms with Crippen LogP contribution < -0.4 is 10.3 Å². The fourth-order valence-electron chi connectivity index (χ4n) is 6.67. The van der Waals surface area contributed by atoms with Crippen molar-refractivity contribution in [3.05, 3.63) is 92.8 Å². The number of likely N-dealkylation sites (N-methyl/N-ethyl adjacent to an activating group) is 2. The molecule has 14 nitrogen and oxygen atoms in total. The summed E-state index contributed by atoms with van der Waals surface area (Å²) < 4.78 is 29.2. The number of aromatic nitrogens is 2. The number of ether oxygens (including phenoxy) is 5. The highest BCUT2D eigenvalue weighted by molar-refractivity contribution is 5.91. The van der Waals surface area contributed by atoms with Crippen LogP contribution in [0.25, 0.3) is 22.3 Å². The van der Waals surface area contributed by atoms with Gasteiger partial charge in [0.1, 0.15) is 24.6 Å². The second kappa shape index (κ2) is 14.8. The zero-order chi connectivity index (χ0) is 38.9. The lowest BCUT2D eigenvalue weighted by molar-refractivity contribution is -0.173. The SMILES string of the molecule is CCc1c2c(nc3ccc(OC(=O)OC(C)(C)C)cc13)-c1cc3c(c(=O)n1C2)COC(=O)[C@@]3(CC)OC(=O)N(C)CCN(C)C(=O)OCc1ccccc1. The molecule has 2 aromatic carbocycles. The molecule has 4 heterocycles. The van der Waals surface area contributed by atoms with Gasteiger partial charge >= 0.3 is 24.3 Å². The Morgan fingerprint density at radius 3 is 2.31 bits per heavy atom. The first-order chi connectivity index (χ1) is 25.7. The topological polar surface area (TPSA) is 156 Å². The Kier molecular flexibility index (Phi) is 10.4. The number of amides is 2. The van der Waals surface area contributed by atoms with Crippen LogP contribution in [-0.2, 0) is 55.5 Å². The van der Waals surface area contributed by atoms with Gasteiger partial charge in [-0.2, -0.15) is 0 Å². The minimum Gasteiger partial charge on any atom is -0.457 e. The highest BCUT2D eigenvalue weighted by Crippen LogP contribution is 2.42. The highest BCUT2D eigenvalue weighted by Gasteiger charge is 2.51. The number of carbonyl (C=O) groups excluding carboxylic acids is 4. The number of carbonyl (C=O) groups is 4. The fraction of sp³-hybridized carbons (Fsp3) is 0.400. The van der Waals surface area contributed by atoms with Gasteiger partial charge < -0.3 is 38.1 Å². The van der Waals surface area contributed by atoms with Gasteiger partial charge in [-0.1, -0.05) is 44.2 Å². The molecule has 54 heavy (non-hydrogen) atoms. The second-order valence-electron chi connectivity index (χ2n) is 14.3. The van der Waals surface area contributed by atoms with Gasteiger partial charge in [0.05, 0.1) is 29.0 Å². The molecule has 4 aromatic rings. The zero-order valence-electron chi connectivity index (χ0n) is 31.5. The fourth-order valence-corrected chi connectivity index (χ4v) is 6.67. The van der Waals surface area contributed by atoms with Gasteiger partial charge in [-0.15, -0.1) is 0 Å². The smallest absolute Gasteiger partial charge is 0.457 e. The van der Waals surface area contributed by atoms with E-state index in [0.29, 0.717) is 29.1 Å². The Labute approximate surface area is 312 Å². The number of hydrogen-bond acceptors (Lipinski definition) is 11. The van der Waals surface area contributed by atoms with E-state index in [1.54, 1.807) is 63.6 Å². The van der Waals surface area contributed by atoms with Crippen molar-refractivity contribution in [3.63, 3.8) is 0 Å². The van der Waals surface area contributed by atoms with E-state index < -0.39 is 35.5 Å². The summed E-state index contributed by atoms with van der Waals surface area (Å²) in [6.45, 7) is 9.15. The van der Waals surface area contributed by atoms with Crippen LogP contribution in [0.2, 0.25) is 0 Å². The Morgan fingerprint density at radius 2 is 1.65 bits per heavy atom. The van der Waals surface area contributed by atoms with E-state index >= 15 is 0 Å². The van der Waals surface area contributed by atoms with Gasteiger partial charge in [0.15, 0.2) is 0 Å². The Hall–Kier alpha value is -5.92. The summed E-state index contributed by atoms with van der Waals surface area (Å²) >= 11 is 0. The Bertz CT molecular complexity index is 2190. The molecule has 0 saturated carbocycles. The lowest BCUT2D eigenvalue weighted by atomic mass is 9.85. The number of fused-ring (bicyclic) bond motifs is 5. The molecule has 6 rings (SSSR count). The monoisotopic (exact) mass is 740 g/mol. The van der Waals surface area contributed by atoms with Crippen molar-refractivity contribution in [2.45, 2.75) is 78.4 Å². The van der Waals surface area contributed by atoms with E-state index in [1.807, 2.05) is 37.3 Å². The standard InChI is InChI=1S/C40H44N4O10/c1-8-26-27-19-25(52-38(49)54-39(3,4)5)15-16-31(27)41-33-28(26)21-44-32(33)20-30-29(34(44)45)23-50-35(46)40(30,9-2)53-37(48)43(7)18-17-42(6)36(47)51-22-24-13-11-10-12-14-24/h10-16,19-20H,8-9,17-18,21-23H2,1-7H3/t40-/m0/s1. The normalized spacial score (nSPS) is 15.7. The molecule has 0 unspecified atom stereocenters. The zero-order valence-corrected chi connectivity index (χ0v) is 31.5. The average Bonchev–Trinajstić information content (AvgIpc) is 3.50. The predicted molar refractivity (Wildman–Crippen MR) is 197 cm³/mol. The largest absolute Gasteiger partial charge is 0.514 e. The van der Waals surface area contributed by atoms with E-state index in [-0.39, 0.29) is 56.0 Å². The van der Waals surface area contributed by atoms with Gasteiger partial charge in [0.25, 0.3) is 5.56 Å². The first kappa shape index (κ1) is 37.8. The average molecular weight is 741 g/mol. The molecule has 1 atom stereocenters. The number of hydrogen-bond donors (Lipinski definition) is 0. The minimum absolute atomic E-state index is 0.00827. The van der Waals surface area contributed by atoms with E-state index in [2.05, 4.69) is 0 Å². The van der Waals surface area contributed by atoms with E-state index in [9.17, 15) is 24.0 Å². The van der Waals surface area contributed by atoms with Gasteiger partial charge in [0.2, 0.25) is 5.60 Å². The number of benzene rings is 2. The second-order valence-corrected chi connectivity index (χ2v) is 14.3. The van der Waals surface area contributed by atoms with Crippen molar-refractivity contribution in [2.24, 2.45) is 0 Å². The van der Waals surface area contributed by atoms with Crippen molar-refractivity contribution in [3.8, 4) is 17.1 Å². The summed E-state index contributed by atoms with van der Waals surface area (Å²) in [5.74, 6) is -0.497. The van der Waals surface area contributed by atoms with Crippen LogP contribution in [0.5, 0.6) is 5.75 Å². The highest BCUT2D eigenvalue weighted by atomic mass is 16.7. The number of rotatable bonds is 9. The Morgan fingerprint density at radius 1 is 0.944 bits per heavy atom. The summed E-state index contributed by atoms with van der Waals surface area (Å²) in [4.78, 5) is 73.7. The van der Waals surface area contributed by atoms with Gasteiger partial charge in [-0.3, -0.25) is 4.79 Å². The summed E-state index contributed by atoms with van der Waals surface area (Å²) in [5.41, 5.74) is 1.67. The maximum absolute atomic E-state index is 14.1. The lowest BCUT2D eigenvalue weighted by Gasteiger charge is -2.36. The van der Waals surface area contributed by atoms with Crippen LogP contribution in [0.3, 0.4) is 0 Å². The maximum atomic E-state index is 14.1. The predicted octanol–water partition coefficient (Wildman–Crippen LogP) is 6.30. The molecule has 2 amide bonds. The number of nitrogens with zero attached hydrogens (tertiary/aromatic N) is 4. The third kappa shape index (κ3) is 7.32. The van der Waals surface area contributed by atoms with Crippen LogP contribution in [0.4, 0.5) is 14.4 Å². The summed E-state index contributed by atoms with van der Waals surface area (Å²) in [6, 6.07) is 16.1. The third-order valence-corrected chi connectivity index (χ3v) is 9.55. The molecule has 0 saturated heterocycles. The van der Waals surface area contributed by atoms with Crippen LogP contribution >= 0.6 is 0 Å². The molecular weight excluding hydrogens is 696 g/mol. The van der Waals surface area contributed by atoms with Crippen molar-refractivity contribution in [1.82, 2.24) is 19.4 Å². The van der Waals surface area contributed by atoms with Crippen molar-refractivity contribution in [2.75, 3.05) is 27.2 Å². The lowest BCUT2D eigenvalue weighted by Crippen LogP contribution is -2.49. The quantitative estimate of drug-likeness (QED) is 0.0950. The van der Waals surface area contributed by atoms with Crippen LogP contribution in [0.1, 0.15) is 68.9 Å². The maximum Gasteiger partial charge on any atom is 0.514 e. The number of cyclic esters (lactones) is 1. The van der Waals surface area contributed by atoms with Gasteiger partial charge in [0, 0.05) is 43.7 Å². The molecule has 0 aliphatic carbocycles. The molecule has 0 spiro atoms. The Balaban J connectivity index is 1.26. The van der Waals surface area contributed by atoms with E-state index in [0.717, 1.165) is 22.1 Å². The molecule has 2 aliphatic heterocycles. The van der Waals surface area contributed by atoms with Gasteiger partial charge in [-0.05, 0) is 69.0 Å². The number of esters is 1. The molecule has 284 valence electrons. The number of pyridine rings is 2. The summed E-state index contributed by atoms with van der Waals surface area (Å²) in [5, 5.41) is 0.761. The van der Waals surface area contributed by atoms with E-state index in [1.165, 1.54) is 16.8 Å². The van der Waals surface area contributed by atoms with Crippen molar-refractivity contribution < 1.29 is 42.9 Å². The third-order valence-electron chi connectivity index (χ3n) is 9.55. The van der Waals surface area contributed by atoms with Gasteiger partial charge in [-0.25, -0.2) is 24.2 Å². The van der Waals surface area contributed by atoms with Crippen LogP contribution in [-0.4, -0.2) is 76.4 Å². The molecule has 0 fully saturated rings. The van der Waals surface area contributed by atoms with E-state index in [4.69, 9.17) is 28.7 Å².